The number of benzene rings is 2. The van der Waals surface area contributed by atoms with E-state index >= 15 is 0 Å². The Balaban J connectivity index is 1.54. The number of esters is 2. The van der Waals surface area contributed by atoms with Crippen molar-refractivity contribution in [1.82, 2.24) is 21.0 Å². The largest absolute Gasteiger partial charge is 0.444 e. The predicted octanol–water partition coefficient (Wildman–Crippen LogP) is 1.02. The lowest BCUT2D eigenvalue weighted by molar-refractivity contribution is -0.138. The second kappa shape index (κ2) is 15.5. The van der Waals surface area contributed by atoms with Gasteiger partial charge in [-0.1, -0.05) is 30.3 Å². The number of alkyl carbamates (subject to hydrolysis) is 1. The van der Waals surface area contributed by atoms with E-state index in [9.17, 15) is 28.8 Å². The average Bonchev–Trinajstić information content (AvgIpc) is 3.48. The molecule has 1 fully saturated rings. The van der Waals surface area contributed by atoms with Gasteiger partial charge >= 0.3 is 18.0 Å². The van der Waals surface area contributed by atoms with Gasteiger partial charge in [0.05, 0.1) is 24.3 Å². The van der Waals surface area contributed by atoms with Crippen LogP contribution in [0.1, 0.15) is 49.5 Å². The third-order valence-electron chi connectivity index (χ3n) is 6.40. The number of nitrogens with one attached hydrogen (secondary N) is 4. The molecule has 1 saturated heterocycles. The molecule has 14 heteroatoms. The quantitative estimate of drug-likeness (QED) is 0.139. The van der Waals surface area contributed by atoms with Crippen molar-refractivity contribution in [3.05, 3.63) is 65.7 Å². The molecule has 2 atom stereocenters. The van der Waals surface area contributed by atoms with Crippen LogP contribution in [0, 0.1) is 0 Å². The zero-order valence-electron chi connectivity index (χ0n) is 24.9. The molecular weight excluding hydrogens is 572 g/mol. The maximum atomic E-state index is 13.1. The fourth-order valence-electron chi connectivity index (χ4n) is 4.34. The van der Waals surface area contributed by atoms with Crippen LogP contribution in [0.25, 0.3) is 0 Å². The van der Waals surface area contributed by atoms with Crippen LogP contribution in [0.5, 0.6) is 0 Å². The lowest BCUT2D eigenvalue weighted by Gasteiger charge is -2.25. The van der Waals surface area contributed by atoms with E-state index in [0.29, 0.717) is 25.1 Å². The van der Waals surface area contributed by atoms with Crippen molar-refractivity contribution in [2.24, 2.45) is 5.73 Å². The van der Waals surface area contributed by atoms with Crippen LogP contribution in [-0.4, -0.2) is 78.0 Å². The number of nitrogens with zero attached hydrogens (tertiary/aromatic N) is 1. The number of carbonyl (C=O) groups is 6. The summed E-state index contributed by atoms with van der Waals surface area (Å²) in [5.41, 5.74) is 11.0. The van der Waals surface area contributed by atoms with E-state index < -0.39 is 60.0 Å². The van der Waals surface area contributed by atoms with E-state index in [-0.39, 0.29) is 18.5 Å². The topological polar surface area (TPSA) is 198 Å². The molecule has 0 aliphatic carbocycles. The summed E-state index contributed by atoms with van der Waals surface area (Å²) in [5.74, 6) is -3.21. The SMILES string of the molecule is CC(C)(C)OC(=O)NC(Cc1ccccc1)C(=O)NCC(=O)N1CCC[C@H]1C(=O)NNc1ccc(C(=O)OC(=O)CN)cc1. The number of ether oxygens (including phenoxy) is 2. The Morgan fingerprint density at radius 2 is 1.68 bits per heavy atom. The zero-order chi connectivity index (χ0) is 32.3. The highest BCUT2D eigenvalue weighted by Gasteiger charge is 2.34. The van der Waals surface area contributed by atoms with Crippen molar-refractivity contribution in [3.8, 4) is 0 Å². The minimum atomic E-state index is -1.00. The lowest BCUT2D eigenvalue weighted by Crippen LogP contribution is -2.53. The van der Waals surface area contributed by atoms with Crippen molar-refractivity contribution in [1.29, 1.82) is 0 Å². The summed E-state index contributed by atoms with van der Waals surface area (Å²) in [7, 11) is 0. The molecule has 1 aliphatic heterocycles. The highest BCUT2D eigenvalue weighted by atomic mass is 16.6. The standard InChI is InChI=1S/C30H38N6O8/c1-30(2,3)44-29(42)33-22(16-19-8-5-4-6-9-19)26(39)32-18-24(37)36-15-7-10-23(36)27(40)35-34-21-13-11-20(12-14-21)28(41)43-25(38)17-31/h4-6,8-9,11-14,22-23,34H,7,10,15-18,31H2,1-3H3,(H,32,39)(H,33,42)(H,35,40)/t22?,23-/m0/s1. The number of nitrogens with two attached hydrogens (primary N) is 1. The Kier molecular flexibility index (Phi) is 11.8. The van der Waals surface area contributed by atoms with Gasteiger partial charge in [0.25, 0.3) is 5.91 Å². The molecule has 0 aromatic heterocycles. The van der Waals surface area contributed by atoms with E-state index in [1.165, 1.54) is 29.2 Å². The molecule has 3 rings (SSSR count). The van der Waals surface area contributed by atoms with Crippen LogP contribution >= 0.6 is 0 Å². The van der Waals surface area contributed by atoms with Crippen LogP contribution in [0.2, 0.25) is 0 Å². The maximum absolute atomic E-state index is 13.1. The summed E-state index contributed by atoms with van der Waals surface area (Å²) in [5, 5.41) is 5.16. The van der Waals surface area contributed by atoms with Gasteiger partial charge in [-0.3, -0.25) is 30.0 Å². The van der Waals surface area contributed by atoms with Crippen LogP contribution < -0.4 is 27.2 Å². The molecule has 2 aromatic rings. The van der Waals surface area contributed by atoms with Crippen LogP contribution in [0.15, 0.2) is 54.6 Å². The summed E-state index contributed by atoms with van der Waals surface area (Å²) >= 11 is 0. The van der Waals surface area contributed by atoms with Crippen molar-refractivity contribution in [2.75, 3.05) is 25.1 Å². The molecule has 14 nitrogen and oxygen atoms in total. The zero-order valence-corrected chi connectivity index (χ0v) is 24.9. The van der Waals surface area contributed by atoms with Crippen molar-refractivity contribution in [2.45, 2.75) is 57.7 Å². The molecule has 6 N–H and O–H groups in total. The van der Waals surface area contributed by atoms with Crippen molar-refractivity contribution >= 4 is 41.4 Å². The van der Waals surface area contributed by atoms with Gasteiger partial charge in [-0.15, -0.1) is 0 Å². The maximum Gasteiger partial charge on any atom is 0.408 e. The Hall–Kier alpha value is -4.98. The highest BCUT2D eigenvalue weighted by molar-refractivity contribution is 5.97. The van der Waals surface area contributed by atoms with Crippen molar-refractivity contribution in [3.63, 3.8) is 0 Å². The van der Waals surface area contributed by atoms with Crippen LogP contribution in [0.3, 0.4) is 0 Å². The first-order valence-electron chi connectivity index (χ1n) is 14.1. The third kappa shape index (κ3) is 10.4. The second-order valence-corrected chi connectivity index (χ2v) is 11.0. The third-order valence-corrected chi connectivity index (χ3v) is 6.40. The average molecular weight is 611 g/mol. The molecule has 0 bridgehead atoms. The summed E-state index contributed by atoms with van der Waals surface area (Å²) in [6.45, 7) is 4.65. The van der Waals surface area contributed by atoms with E-state index in [1.54, 1.807) is 20.8 Å². The first-order valence-corrected chi connectivity index (χ1v) is 14.1. The molecular formula is C30H38N6O8. The van der Waals surface area contributed by atoms with Crippen LogP contribution in [-0.2, 0) is 35.1 Å². The van der Waals surface area contributed by atoms with Gasteiger partial charge in [0.15, 0.2) is 0 Å². The number of amides is 4. The number of hydrogen-bond acceptors (Lipinski definition) is 10. The summed E-state index contributed by atoms with van der Waals surface area (Å²) in [6.07, 6.45) is 0.422. The summed E-state index contributed by atoms with van der Waals surface area (Å²) in [4.78, 5) is 75.9. The second-order valence-electron chi connectivity index (χ2n) is 11.0. The van der Waals surface area contributed by atoms with E-state index in [4.69, 9.17) is 10.5 Å². The molecule has 1 heterocycles. The number of rotatable bonds is 11. The molecule has 0 spiro atoms. The fraction of sp³-hybridized carbons (Fsp3) is 0.400. The van der Waals surface area contributed by atoms with Gasteiger partial charge in [0.2, 0.25) is 11.8 Å². The Bertz CT molecular complexity index is 1340. The number of likely N-dealkylation sites (tertiary alicyclic amines) is 1. The van der Waals surface area contributed by atoms with Gasteiger partial charge in [0.1, 0.15) is 17.7 Å². The minimum absolute atomic E-state index is 0.116. The predicted molar refractivity (Wildman–Crippen MR) is 159 cm³/mol. The Morgan fingerprint density at radius 1 is 1.00 bits per heavy atom. The molecule has 0 radical (unpaired) electrons. The first-order chi connectivity index (χ1) is 20.9. The van der Waals surface area contributed by atoms with Gasteiger partial charge in [-0.25, -0.2) is 9.59 Å². The summed E-state index contributed by atoms with van der Waals surface area (Å²) < 4.78 is 9.85. The Morgan fingerprint density at radius 3 is 2.32 bits per heavy atom. The molecule has 44 heavy (non-hydrogen) atoms. The normalized spacial score (nSPS) is 15.0. The number of anilines is 1. The molecule has 4 amide bonds. The molecule has 236 valence electrons. The Labute approximate surface area is 255 Å². The molecule has 1 aliphatic rings. The van der Waals surface area contributed by atoms with Gasteiger partial charge in [-0.2, -0.15) is 0 Å². The highest BCUT2D eigenvalue weighted by Crippen LogP contribution is 2.18. The minimum Gasteiger partial charge on any atom is -0.444 e. The van der Waals surface area contributed by atoms with E-state index in [2.05, 4.69) is 26.2 Å². The summed E-state index contributed by atoms with van der Waals surface area (Å²) in [6, 6.07) is 13.1. The molecule has 0 saturated carbocycles. The lowest BCUT2D eigenvalue weighted by atomic mass is 10.1. The number of carbonyl (C=O) groups excluding carboxylic acids is 6. The van der Waals surface area contributed by atoms with Gasteiger partial charge in [-0.05, 0) is 63.4 Å². The molecule has 1 unspecified atom stereocenters. The number of hydrogen-bond donors (Lipinski definition) is 5. The van der Waals surface area contributed by atoms with E-state index in [0.717, 1.165) is 5.56 Å². The monoisotopic (exact) mass is 610 g/mol. The van der Waals surface area contributed by atoms with Crippen LogP contribution in [0.4, 0.5) is 10.5 Å². The van der Waals surface area contributed by atoms with Gasteiger partial charge in [0, 0.05) is 13.0 Å². The first kappa shape index (κ1) is 33.5. The molecule has 2 aromatic carbocycles. The smallest absolute Gasteiger partial charge is 0.408 e. The fourth-order valence-corrected chi connectivity index (χ4v) is 4.34. The van der Waals surface area contributed by atoms with E-state index in [1.807, 2.05) is 30.3 Å². The van der Waals surface area contributed by atoms with Gasteiger partial charge < -0.3 is 30.7 Å². The number of hydrazine groups is 1. The van der Waals surface area contributed by atoms with Crippen molar-refractivity contribution < 1.29 is 38.2 Å².